The first-order chi connectivity index (χ1) is 12.9. The molecule has 2 aromatic carbocycles. The molecule has 0 bridgehead atoms. The number of carbonyl (C=O) groups is 1. The van der Waals surface area contributed by atoms with E-state index in [1.54, 1.807) is 36.4 Å². The lowest BCUT2D eigenvalue weighted by Crippen LogP contribution is -2.25. The molecule has 7 nitrogen and oxygen atoms in total. The van der Waals surface area contributed by atoms with Gasteiger partial charge in [-0.05, 0) is 36.8 Å². The summed E-state index contributed by atoms with van der Waals surface area (Å²) in [6.45, 7) is 0.367. The molecule has 0 aromatic heterocycles. The molecule has 0 saturated carbocycles. The third kappa shape index (κ3) is 3.96. The molecule has 1 N–H and O–H groups in total. The van der Waals surface area contributed by atoms with Crippen LogP contribution in [0.3, 0.4) is 0 Å². The number of nitrogens with zero attached hydrogens (tertiary/aromatic N) is 1. The van der Waals surface area contributed by atoms with E-state index in [4.69, 9.17) is 21.1 Å². The summed E-state index contributed by atoms with van der Waals surface area (Å²) >= 11 is 6.19. The predicted molar refractivity (Wildman–Crippen MR) is 105 cm³/mol. The summed E-state index contributed by atoms with van der Waals surface area (Å²) < 4.78 is 36.0. The molecule has 9 heteroatoms. The van der Waals surface area contributed by atoms with E-state index in [1.807, 2.05) is 0 Å². The Bertz CT molecular complexity index is 978. The van der Waals surface area contributed by atoms with Crippen LogP contribution in [-0.2, 0) is 10.0 Å². The van der Waals surface area contributed by atoms with Gasteiger partial charge in [-0.3, -0.25) is 9.10 Å². The Labute approximate surface area is 162 Å². The second-order valence-corrected chi connectivity index (χ2v) is 8.35. The molecular weight excluding hydrogens is 392 g/mol. The van der Waals surface area contributed by atoms with Gasteiger partial charge < -0.3 is 14.8 Å². The molecule has 1 heterocycles. The van der Waals surface area contributed by atoms with Crippen LogP contribution < -0.4 is 19.1 Å². The molecule has 1 aliphatic rings. The van der Waals surface area contributed by atoms with Crippen molar-refractivity contribution in [2.45, 2.75) is 6.42 Å². The van der Waals surface area contributed by atoms with Crippen molar-refractivity contribution in [3.8, 4) is 11.5 Å². The normalized spacial score (nSPS) is 15.4. The lowest BCUT2D eigenvalue weighted by atomic mass is 10.1. The van der Waals surface area contributed by atoms with E-state index in [0.29, 0.717) is 46.4 Å². The molecule has 1 saturated heterocycles. The summed E-state index contributed by atoms with van der Waals surface area (Å²) in [6.07, 6.45) is 0.540. The van der Waals surface area contributed by atoms with E-state index in [2.05, 4.69) is 5.32 Å². The average molecular weight is 411 g/mol. The van der Waals surface area contributed by atoms with Gasteiger partial charge in [-0.2, -0.15) is 0 Å². The molecule has 1 fully saturated rings. The molecule has 144 valence electrons. The number of nitrogens with one attached hydrogen (secondary N) is 1. The van der Waals surface area contributed by atoms with Gasteiger partial charge in [0, 0.05) is 18.3 Å². The Hall–Kier alpha value is -2.45. The molecule has 3 rings (SSSR count). The maximum absolute atomic E-state index is 12.6. The van der Waals surface area contributed by atoms with Gasteiger partial charge >= 0.3 is 0 Å². The smallest absolute Gasteiger partial charge is 0.259 e. The predicted octanol–water partition coefficient (Wildman–Crippen LogP) is 3.15. The SMILES string of the molecule is COc1ccc(C(=O)Nc2ccc(Cl)c(N3CCCS3(=O)=O)c2)c(OC)c1. The van der Waals surface area contributed by atoms with Crippen LogP contribution in [0.1, 0.15) is 16.8 Å². The van der Waals surface area contributed by atoms with Crippen LogP contribution >= 0.6 is 11.6 Å². The second-order valence-electron chi connectivity index (χ2n) is 5.93. The highest BCUT2D eigenvalue weighted by atomic mass is 35.5. The van der Waals surface area contributed by atoms with Crippen LogP contribution in [0.25, 0.3) is 0 Å². The number of hydrogen-bond donors (Lipinski definition) is 1. The number of benzene rings is 2. The standard InChI is InChI=1S/C18H19ClN2O5S/c1-25-13-5-6-14(17(11-13)26-2)18(22)20-12-4-7-15(19)16(10-12)21-8-3-9-27(21,23)24/h4-7,10-11H,3,8-9H2,1-2H3,(H,20,22). The Morgan fingerprint density at radius 3 is 2.56 bits per heavy atom. The third-order valence-corrected chi connectivity index (χ3v) is 6.40. The number of methoxy groups -OCH3 is 2. The summed E-state index contributed by atoms with van der Waals surface area (Å²) in [5.74, 6) is 0.620. The zero-order chi connectivity index (χ0) is 19.6. The minimum absolute atomic E-state index is 0.0863. The highest BCUT2D eigenvalue weighted by molar-refractivity contribution is 7.93. The summed E-state index contributed by atoms with van der Waals surface area (Å²) in [5.41, 5.74) is 1.11. The molecule has 0 aliphatic carbocycles. The Morgan fingerprint density at radius 1 is 1.15 bits per heavy atom. The minimum Gasteiger partial charge on any atom is -0.497 e. The molecule has 0 atom stereocenters. The van der Waals surface area contributed by atoms with Crippen LogP contribution in [0.2, 0.25) is 5.02 Å². The fraction of sp³-hybridized carbons (Fsp3) is 0.278. The summed E-state index contributed by atoms with van der Waals surface area (Å²) in [7, 11) is -0.390. The van der Waals surface area contributed by atoms with Crippen molar-refractivity contribution in [3.05, 3.63) is 47.0 Å². The summed E-state index contributed by atoms with van der Waals surface area (Å²) in [5, 5.41) is 3.05. The second kappa shape index (κ2) is 7.66. The van der Waals surface area contributed by atoms with Crippen molar-refractivity contribution in [2.24, 2.45) is 0 Å². The number of rotatable bonds is 5. The van der Waals surface area contributed by atoms with E-state index in [0.717, 1.165) is 0 Å². The van der Waals surface area contributed by atoms with Crippen molar-refractivity contribution in [3.63, 3.8) is 0 Å². The molecule has 1 aliphatic heterocycles. The quantitative estimate of drug-likeness (QED) is 0.818. The topological polar surface area (TPSA) is 84.9 Å². The van der Waals surface area contributed by atoms with Gasteiger partial charge in [0.15, 0.2) is 0 Å². The van der Waals surface area contributed by atoms with Crippen LogP contribution in [0.4, 0.5) is 11.4 Å². The molecule has 2 aromatic rings. The lowest BCUT2D eigenvalue weighted by molar-refractivity contribution is 0.102. The lowest BCUT2D eigenvalue weighted by Gasteiger charge is -2.19. The molecule has 0 spiro atoms. The van der Waals surface area contributed by atoms with E-state index < -0.39 is 15.9 Å². The van der Waals surface area contributed by atoms with Gasteiger partial charge in [-0.1, -0.05) is 11.6 Å². The fourth-order valence-electron chi connectivity index (χ4n) is 2.88. The zero-order valence-electron chi connectivity index (χ0n) is 14.9. The summed E-state index contributed by atoms with van der Waals surface area (Å²) in [4.78, 5) is 12.6. The maximum atomic E-state index is 12.6. The van der Waals surface area contributed by atoms with E-state index in [9.17, 15) is 13.2 Å². The first-order valence-corrected chi connectivity index (χ1v) is 10.2. The van der Waals surface area contributed by atoms with Crippen molar-refractivity contribution in [2.75, 3.05) is 36.1 Å². The number of carbonyl (C=O) groups excluding carboxylic acids is 1. The third-order valence-electron chi connectivity index (χ3n) is 4.23. The molecule has 0 radical (unpaired) electrons. The fourth-order valence-corrected chi connectivity index (χ4v) is 4.72. The van der Waals surface area contributed by atoms with Crippen molar-refractivity contribution >= 4 is 38.9 Å². The zero-order valence-corrected chi connectivity index (χ0v) is 16.4. The molecular formula is C18H19ClN2O5S. The monoisotopic (exact) mass is 410 g/mol. The minimum atomic E-state index is -3.38. The van der Waals surface area contributed by atoms with E-state index in [-0.39, 0.29) is 5.75 Å². The molecule has 1 amide bonds. The molecule has 0 unspecified atom stereocenters. The largest absolute Gasteiger partial charge is 0.497 e. The first-order valence-electron chi connectivity index (χ1n) is 8.19. The van der Waals surface area contributed by atoms with Crippen LogP contribution in [0.15, 0.2) is 36.4 Å². The average Bonchev–Trinajstić information content (AvgIpc) is 3.01. The van der Waals surface area contributed by atoms with Crippen LogP contribution in [0.5, 0.6) is 11.5 Å². The number of ether oxygens (including phenoxy) is 2. The first kappa shape index (κ1) is 19.3. The summed E-state index contributed by atoms with van der Waals surface area (Å²) in [6, 6.07) is 9.59. The number of hydrogen-bond acceptors (Lipinski definition) is 5. The van der Waals surface area contributed by atoms with Gasteiger partial charge in [-0.15, -0.1) is 0 Å². The van der Waals surface area contributed by atoms with Crippen molar-refractivity contribution < 1.29 is 22.7 Å². The number of amides is 1. The number of anilines is 2. The number of sulfonamides is 1. The van der Waals surface area contributed by atoms with Crippen LogP contribution in [-0.4, -0.2) is 40.8 Å². The van der Waals surface area contributed by atoms with E-state index in [1.165, 1.54) is 18.5 Å². The maximum Gasteiger partial charge on any atom is 0.259 e. The van der Waals surface area contributed by atoms with Gasteiger partial charge in [0.05, 0.1) is 36.2 Å². The van der Waals surface area contributed by atoms with E-state index >= 15 is 0 Å². The van der Waals surface area contributed by atoms with Gasteiger partial charge in [-0.25, -0.2) is 8.42 Å². The Kier molecular flexibility index (Phi) is 5.48. The Balaban J connectivity index is 1.88. The highest BCUT2D eigenvalue weighted by Gasteiger charge is 2.30. The molecule has 27 heavy (non-hydrogen) atoms. The van der Waals surface area contributed by atoms with Gasteiger partial charge in [0.25, 0.3) is 5.91 Å². The van der Waals surface area contributed by atoms with Crippen molar-refractivity contribution in [1.82, 2.24) is 0 Å². The van der Waals surface area contributed by atoms with Gasteiger partial charge in [0.2, 0.25) is 10.0 Å². The Morgan fingerprint density at radius 2 is 1.93 bits per heavy atom. The van der Waals surface area contributed by atoms with Crippen LogP contribution in [0, 0.1) is 0 Å². The van der Waals surface area contributed by atoms with Crippen molar-refractivity contribution in [1.29, 1.82) is 0 Å². The highest BCUT2D eigenvalue weighted by Crippen LogP contribution is 2.34. The van der Waals surface area contributed by atoms with Gasteiger partial charge in [0.1, 0.15) is 11.5 Å². The number of halogens is 1.